The maximum absolute atomic E-state index is 5.31. The number of hydrogen-bond donors (Lipinski definition) is 0. The van der Waals surface area contributed by atoms with Crippen molar-refractivity contribution in [2.45, 2.75) is 0 Å². The lowest BCUT2D eigenvalue weighted by molar-refractivity contribution is 1.07. The normalized spacial score (nSPS) is 11.7. The molecule has 0 aliphatic heterocycles. The molecular weight excluding hydrogens is 731 g/mol. The van der Waals surface area contributed by atoms with Gasteiger partial charge in [-0.2, -0.15) is 0 Å². The van der Waals surface area contributed by atoms with E-state index in [2.05, 4.69) is 197 Å². The molecule has 0 saturated carbocycles. The van der Waals surface area contributed by atoms with Crippen LogP contribution in [-0.4, -0.2) is 24.1 Å². The van der Waals surface area contributed by atoms with Gasteiger partial charge in [0, 0.05) is 49.6 Å². The zero-order chi connectivity index (χ0) is 39.6. The minimum absolute atomic E-state index is 0.620. The molecule has 0 bridgehead atoms. The Kier molecular flexibility index (Phi) is 7.78. The standard InChI is InChI=1S/C55H35N5/c1-4-17-36(18-5-1)38-22-16-23-40(33-38)54-56-53(37-19-6-2-7-20-37)57-55(58-54)47-35-42(34-39-21-10-11-26-43(39)47)59-49-30-15-13-28-46(49)51-50(59)32-31-45-44-27-12-14-29-48(44)60(52(45)51)41-24-8-3-9-25-41/h1-35H. The van der Waals surface area contributed by atoms with Gasteiger partial charge in [-0.15, -0.1) is 0 Å². The predicted octanol–water partition coefficient (Wildman–Crippen LogP) is 13.9. The summed E-state index contributed by atoms with van der Waals surface area (Å²) in [6.07, 6.45) is 0. The first-order valence-electron chi connectivity index (χ1n) is 20.3. The Bertz CT molecular complexity index is 3590. The highest BCUT2D eigenvalue weighted by atomic mass is 15.0. The van der Waals surface area contributed by atoms with E-state index in [1.165, 1.54) is 32.6 Å². The first-order chi connectivity index (χ1) is 29.8. The first kappa shape index (κ1) is 33.9. The molecule has 12 aromatic rings. The molecule has 5 heteroatoms. The van der Waals surface area contributed by atoms with E-state index in [0.29, 0.717) is 17.5 Å². The van der Waals surface area contributed by atoms with Crippen molar-refractivity contribution in [3.8, 4) is 56.7 Å². The molecule has 0 N–H and O–H groups in total. The van der Waals surface area contributed by atoms with Gasteiger partial charge < -0.3 is 9.13 Å². The summed E-state index contributed by atoms with van der Waals surface area (Å²) < 4.78 is 4.84. The topological polar surface area (TPSA) is 48.5 Å². The van der Waals surface area contributed by atoms with E-state index in [-0.39, 0.29) is 0 Å². The zero-order valence-corrected chi connectivity index (χ0v) is 32.4. The summed E-state index contributed by atoms with van der Waals surface area (Å²) in [6.45, 7) is 0. The second-order valence-corrected chi connectivity index (χ2v) is 15.2. The largest absolute Gasteiger partial charge is 0.309 e. The molecular formula is C55H35N5. The third kappa shape index (κ3) is 5.44. The van der Waals surface area contributed by atoms with Crippen LogP contribution in [0.3, 0.4) is 0 Å². The van der Waals surface area contributed by atoms with Crippen LogP contribution in [0.2, 0.25) is 0 Å². The van der Waals surface area contributed by atoms with Gasteiger partial charge in [-0.1, -0.05) is 164 Å². The minimum Gasteiger partial charge on any atom is -0.309 e. The van der Waals surface area contributed by atoms with Crippen LogP contribution in [0.25, 0.3) is 111 Å². The summed E-state index contributed by atoms with van der Waals surface area (Å²) in [4.78, 5) is 15.7. The average molecular weight is 766 g/mol. The second kappa shape index (κ2) is 13.8. The quantitative estimate of drug-likeness (QED) is 0.169. The van der Waals surface area contributed by atoms with Crippen molar-refractivity contribution in [1.29, 1.82) is 0 Å². The monoisotopic (exact) mass is 765 g/mol. The van der Waals surface area contributed by atoms with Gasteiger partial charge >= 0.3 is 0 Å². The molecule has 5 nitrogen and oxygen atoms in total. The highest BCUT2D eigenvalue weighted by Gasteiger charge is 2.22. The molecule has 60 heavy (non-hydrogen) atoms. The maximum atomic E-state index is 5.31. The Morgan fingerprint density at radius 2 is 0.867 bits per heavy atom. The third-order valence-electron chi connectivity index (χ3n) is 11.7. The molecule has 0 aliphatic carbocycles. The van der Waals surface area contributed by atoms with Gasteiger partial charge in [-0.05, 0) is 70.4 Å². The average Bonchev–Trinajstić information content (AvgIpc) is 3.85. The van der Waals surface area contributed by atoms with Gasteiger partial charge in [0.1, 0.15) is 0 Å². The number of aromatic nitrogens is 5. The van der Waals surface area contributed by atoms with Crippen molar-refractivity contribution >= 4 is 54.4 Å². The van der Waals surface area contributed by atoms with Crippen LogP contribution in [-0.2, 0) is 0 Å². The van der Waals surface area contributed by atoms with E-state index in [4.69, 9.17) is 15.0 Å². The van der Waals surface area contributed by atoms with Crippen molar-refractivity contribution in [3.63, 3.8) is 0 Å². The van der Waals surface area contributed by atoms with E-state index >= 15 is 0 Å². The van der Waals surface area contributed by atoms with Gasteiger partial charge in [0.25, 0.3) is 0 Å². The smallest absolute Gasteiger partial charge is 0.164 e. The Balaban J connectivity index is 1.13. The Hall–Kier alpha value is -8.15. The molecule has 0 atom stereocenters. The highest BCUT2D eigenvalue weighted by molar-refractivity contribution is 6.26. The third-order valence-corrected chi connectivity index (χ3v) is 11.7. The summed E-state index contributed by atoms with van der Waals surface area (Å²) in [6, 6.07) is 75.0. The molecule has 0 unspecified atom stereocenters. The SMILES string of the molecule is c1ccc(-c2cccc(-c3nc(-c4ccccc4)nc(-c4cc(-n5c6ccccc6c6c5ccc5c7ccccc7n(-c7ccccc7)c56)cc5ccccc45)n3)c2)cc1. The number of hydrogen-bond acceptors (Lipinski definition) is 3. The van der Waals surface area contributed by atoms with Crippen molar-refractivity contribution < 1.29 is 0 Å². The van der Waals surface area contributed by atoms with Crippen LogP contribution in [0.1, 0.15) is 0 Å². The van der Waals surface area contributed by atoms with Crippen molar-refractivity contribution in [2.24, 2.45) is 0 Å². The number of nitrogens with zero attached hydrogens (tertiary/aromatic N) is 5. The molecule has 12 rings (SSSR count). The summed E-state index contributed by atoms with van der Waals surface area (Å²) in [7, 11) is 0. The van der Waals surface area contributed by atoms with Crippen LogP contribution < -0.4 is 0 Å². The molecule has 0 radical (unpaired) electrons. The lowest BCUT2D eigenvalue weighted by atomic mass is 10.0. The minimum atomic E-state index is 0.620. The van der Waals surface area contributed by atoms with E-state index < -0.39 is 0 Å². The summed E-state index contributed by atoms with van der Waals surface area (Å²) >= 11 is 0. The Morgan fingerprint density at radius 3 is 1.63 bits per heavy atom. The molecule has 0 fully saturated rings. The Labute approximate surface area is 346 Å². The lowest BCUT2D eigenvalue weighted by Gasteiger charge is -2.15. The maximum Gasteiger partial charge on any atom is 0.164 e. The lowest BCUT2D eigenvalue weighted by Crippen LogP contribution is -2.02. The molecule has 0 spiro atoms. The molecule has 3 aromatic heterocycles. The van der Waals surface area contributed by atoms with Crippen LogP contribution in [0.4, 0.5) is 0 Å². The summed E-state index contributed by atoms with van der Waals surface area (Å²) in [5, 5.41) is 7.04. The van der Waals surface area contributed by atoms with Gasteiger partial charge in [0.15, 0.2) is 17.5 Å². The Morgan fingerprint density at radius 1 is 0.300 bits per heavy atom. The van der Waals surface area contributed by atoms with Gasteiger partial charge in [-0.25, -0.2) is 15.0 Å². The van der Waals surface area contributed by atoms with Crippen molar-refractivity contribution in [2.75, 3.05) is 0 Å². The molecule has 3 heterocycles. The van der Waals surface area contributed by atoms with Crippen LogP contribution in [0, 0.1) is 0 Å². The fraction of sp³-hybridized carbons (Fsp3) is 0. The first-order valence-corrected chi connectivity index (χ1v) is 20.3. The highest BCUT2D eigenvalue weighted by Crippen LogP contribution is 2.43. The fourth-order valence-corrected chi connectivity index (χ4v) is 9.05. The van der Waals surface area contributed by atoms with Crippen LogP contribution in [0.15, 0.2) is 212 Å². The summed E-state index contributed by atoms with van der Waals surface area (Å²) in [5.41, 5.74) is 11.9. The van der Waals surface area contributed by atoms with Gasteiger partial charge in [0.05, 0.1) is 22.1 Å². The van der Waals surface area contributed by atoms with E-state index in [1.54, 1.807) is 0 Å². The zero-order valence-electron chi connectivity index (χ0n) is 32.4. The fourth-order valence-electron chi connectivity index (χ4n) is 9.05. The molecule has 0 aliphatic rings. The van der Waals surface area contributed by atoms with E-state index in [9.17, 15) is 0 Å². The number of rotatable bonds is 6. The summed E-state index contributed by atoms with van der Waals surface area (Å²) in [5.74, 6) is 1.87. The molecule has 0 saturated heterocycles. The van der Waals surface area contributed by atoms with Crippen LogP contribution >= 0.6 is 0 Å². The number of benzene rings is 9. The van der Waals surface area contributed by atoms with Gasteiger partial charge in [-0.3, -0.25) is 0 Å². The molecule has 0 amide bonds. The van der Waals surface area contributed by atoms with Gasteiger partial charge in [0.2, 0.25) is 0 Å². The van der Waals surface area contributed by atoms with E-state index in [0.717, 1.165) is 61.0 Å². The van der Waals surface area contributed by atoms with E-state index in [1.807, 2.05) is 24.3 Å². The van der Waals surface area contributed by atoms with Crippen molar-refractivity contribution in [1.82, 2.24) is 24.1 Å². The number of fused-ring (bicyclic) bond motifs is 8. The predicted molar refractivity (Wildman–Crippen MR) is 248 cm³/mol. The second-order valence-electron chi connectivity index (χ2n) is 15.2. The molecule has 280 valence electrons. The molecule has 9 aromatic carbocycles. The van der Waals surface area contributed by atoms with Crippen molar-refractivity contribution in [3.05, 3.63) is 212 Å². The number of para-hydroxylation sites is 3. The van der Waals surface area contributed by atoms with Crippen LogP contribution in [0.5, 0.6) is 0 Å².